The Morgan fingerprint density at radius 2 is 1.83 bits per heavy atom. The summed E-state index contributed by atoms with van der Waals surface area (Å²) in [7, 11) is 0. The van der Waals surface area contributed by atoms with Crippen molar-refractivity contribution < 1.29 is 0 Å². The number of nitrogens with two attached hydrogens (primary N) is 1. The summed E-state index contributed by atoms with van der Waals surface area (Å²) in [6.07, 6.45) is 11.2. The third kappa shape index (κ3) is 5.46. The van der Waals surface area contributed by atoms with E-state index in [1.54, 1.807) is 0 Å². The Labute approximate surface area is 146 Å². The molecule has 0 aliphatic heterocycles. The molecule has 5 nitrogen and oxygen atoms in total. The van der Waals surface area contributed by atoms with Crippen molar-refractivity contribution in [3.05, 3.63) is 12.2 Å². The van der Waals surface area contributed by atoms with Crippen LogP contribution in [0.4, 0.5) is 5.82 Å². The molecule has 5 heteroatoms. The molecule has 0 bridgehead atoms. The Morgan fingerprint density at radius 1 is 1.04 bits per heavy atom. The maximum absolute atomic E-state index is 6.07. The second-order valence-electron chi connectivity index (χ2n) is 7.96. The van der Waals surface area contributed by atoms with Crippen LogP contribution >= 0.6 is 0 Å². The molecule has 2 aromatic heterocycles. The number of anilines is 1. The molecule has 2 N–H and O–H groups in total. The van der Waals surface area contributed by atoms with Gasteiger partial charge in [-0.15, -0.1) is 0 Å². The lowest BCUT2D eigenvalue weighted by Crippen LogP contribution is -2.06. The highest BCUT2D eigenvalue weighted by Gasteiger charge is 2.12. The smallest absolute Gasteiger partial charge is 0.165 e. The zero-order valence-electron chi connectivity index (χ0n) is 15.8. The fourth-order valence-corrected chi connectivity index (χ4v) is 2.94. The standard InChI is InChI=1S/C19H33N5/c1-5-6-8-11-15-22-17(20)16-18(23-15)24(14-21-16)13-10-7-9-12-19(2,3)4/h14H,5-13H2,1-4H3,(H2,20,22,23). The van der Waals surface area contributed by atoms with Crippen LogP contribution in [0.25, 0.3) is 11.2 Å². The summed E-state index contributed by atoms with van der Waals surface area (Å²) in [6, 6.07) is 0. The highest BCUT2D eigenvalue weighted by molar-refractivity contribution is 5.81. The zero-order chi connectivity index (χ0) is 17.6. The monoisotopic (exact) mass is 331 g/mol. The number of fused-ring (bicyclic) bond motifs is 1. The number of nitrogens with zero attached hydrogens (tertiary/aromatic N) is 4. The molecule has 0 aliphatic carbocycles. The van der Waals surface area contributed by atoms with Gasteiger partial charge >= 0.3 is 0 Å². The molecule has 2 heterocycles. The van der Waals surface area contributed by atoms with E-state index in [2.05, 4.69) is 42.2 Å². The summed E-state index contributed by atoms with van der Waals surface area (Å²) in [4.78, 5) is 13.5. The van der Waals surface area contributed by atoms with Gasteiger partial charge in [-0.3, -0.25) is 0 Å². The largest absolute Gasteiger partial charge is 0.382 e. The van der Waals surface area contributed by atoms with Gasteiger partial charge < -0.3 is 10.3 Å². The first-order chi connectivity index (χ1) is 11.4. The van der Waals surface area contributed by atoms with Gasteiger partial charge in [0.2, 0.25) is 0 Å². The predicted molar refractivity (Wildman–Crippen MR) is 101 cm³/mol. The van der Waals surface area contributed by atoms with E-state index in [1.165, 1.54) is 32.1 Å². The van der Waals surface area contributed by atoms with Gasteiger partial charge in [0.15, 0.2) is 11.5 Å². The minimum atomic E-state index is 0.427. The summed E-state index contributed by atoms with van der Waals surface area (Å²) < 4.78 is 2.13. The van der Waals surface area contributed by atoms with E-state index in [-0.39, 0.29) is 0 Å². The average molecular weight is 332 g/mol. The summed E-state index contributed by atoms with van der Waals surface area (Å²) in [5.74, 6) is 1.36. The Bertz CT molecular complexity index is 639. The van der Waals surface area contributed by atoms with Gasteiger partial charge in [0.25, 0.3) is 0 Å². The maximum Gasteiger partial charge on any atom is 0.165 e. The fraction of sp³-hybridized carbons (Fsp3) is 0.737. The molecule has 0 radical (unpaired) electrons. The van der Waals surface area contributed by atoms with E-state index in [0.29, 0.717) is 11.2 Å². The van der Waals surface area contributed by atoms with E-state index in [9.17, 15) is 0 Å². The highest BCUT2D eigenvalue weighted by Crippen LogP contribution is 2.23. The Morgan fingerprint density at radius 3 is 2.54 bits per heavy atom. The molecule has 2 aromatic rings. The number of aromatic nitrogens is 4. The number of aryl methyl sites for hydroxylation is 2. The number of unbranched alkanes of at least 4 members (excludes halogenated alkanes) is 4. The number of hydrogen-bond donors (Lipinski definition) is 1. The molecule has 0 aliphatic rings. The molecule has 2 rings (SSSR count). The van der Waals surface area contributed by atoms with Crippen LogP contribution in [-0.4, -0.2) is 19.5 Å². The second kappa shape index (κ2) is 8.45. The summed E-state index contributed by atoms with van der Waals surface area (Å²) >= 11 is 0. The van der Waals surface area contributed by atoms with Gasteiger partial charge in [0, 0.05) is 13.0 Å². The minimum absolute atomic E-state index is 0.427. The second-order valence-corrected chi connectivity index (χ2v) is 7.96. The van der Waals surface area contributed by atoms with Crippen molar-refractivity contribution >= 4 is 17.0 Å². The first-order valence-electron chi connectivity index (χ1n) is 9.38. The molecular weight excluding hydrogens is 298 g/mol. The molecule has 0 aromatic carbocycles. The average Bonchev–Trinajstić information content (AvgIpc) is 2.90. The summed E-state index contributed by atoms with van der Waals surface area (Å²) in [5.41, 5.74) is 8.13. The van der Waals surface area contributed by atoms with Crippen LogP contribution in [0.2, 0.25) is 0 Å². The maximum atomic E-state index is 6.07. The van der Waals surface area contributed by atoms with Crippen molar-refractivity contribution in [2.45, 2.75) is 85.6 Å². The Balaban J connectivity index is 1.97. The first-order valence-corrected chi connectivity index (χ1v) is 9.38. The molecule has 24 heavy (non-hydrogen) atoms. The van der Waals surface area contributed by atoms with Gasteiger partial charge in [-0.1, -0.05) is 53.4 Å². The van der Waals surface area contributed by atoms with Crippen LogP contribution in [0.15, 0.2) is 6.33 Å². The summed E-state index contributed by atoms with van der Waals surface area (Å²) in [5, 5.41) is 0. The zero-order valence-corrected chi connectivity index (χ0v) is 15.8. The minimum Gasteiger partial charge on any atom is -0.382 e. The molecule has 0 amide bonds. The van der Waals surface area contributed by atoms with Crippen molar-refractivity contribution in [2.24, 2.45) is 5.41 Å². The van der Waals surface area contributed by atoms with Crippen molar-refractivity contribution in [3.8, 4) is 0 Å². The summed E-state index contributed by atoms with van der Waals surface area (Å²) in [6.45, 7) is 10.1. The van der Waals surface area contributed by atoms with Crippen LogP contribution < -0.4 is 5.73 Å². The quantitative estimate of drug-likeness (QED) is 0.673. The number of nitrogen functional groups attached to an aromatic ring is 1. The topological polar surface area (TPSA) is 69.6 Å². The highest BCUT2D eigenvalue weighted by atomic mass is 15.1. The number of rotatable bonds is 9. The van der Waals surface area contributed by atoms with Crippen molar-refractivity contribution in [1.82, 2.24) is 19.5 Å². The lowest BCUT2D eigenvalue weighted by atomic mass is 9.89. The molecule has 0 fully saturated rings. The van der Waals surface area contributed by atoms with Crippen molar-refractivity contribution in [3.63, 3.8) is 0 Å². The lowest BCUT2D eigenvalue weighted by Gasteiger charge is -2.17. The fourth-order valence-electron chi connectivity index (χ4n) is 2.94. The molecule has 0 atom stereocenters. The van der Waals surface area contributed by atoms with Crippen LogP contribution in [0.1, 0.15) is 78.5 Å². The van der Waals surface area contributed by atoms with Crippen molar-refractivity contribution in [2.75, 3.05) is 5.73 Å². The van der Waals surface area contributed by atoms with Crippen LogP contribution in [0, 0.1) is 5.41 Å². The van der Waals surface area contributed by atoms with Crippen molar-refractivity contribution in [1.29, 1.82) is 0 Å². The predicted octanol–water partition coefficient (Wildman–Crippen LogP) is 4.75. The first kappa shape index (κ1) is 18.7. The SMILES string of the molecule is CCCCCc1nc(N)c2ncn(CCCCCC(C)(C)C)c2n1. The molecule has 0 saturated carbocycles. The van der Waals surface area contributed by atoms with E-state index < -0.39 is 0 Å². The number of hydrogen-bond acceptors (Lipinski definition) is 4. The lowest BCUT2D eigenvalue weighted by molar-refractivity contribution is 0.356. The molecule has 0 spiro atoms. The van der Waals surface area contributed by atoms with E-state index in [1.807, 2.05) is 6.33 Å². The van der Waals surface area contributed by atoms with Gasteiger partial charge in [0.1, 0.15) is 11.3 Å². The molecular formula is C19H33N5. The normalized spacial score (nSPS) is 12.2. The van der Waals surface area contributed by atoms with Crippen LogP contribution in [0.3, 0.4) is 0 Å². The van der Waals surface area contributed by atoms with E-state index in [4.69, 9.17) is 10.7 Å². The molecule has 0 unspecified atom stereocenters. The Hall–Kier alpha value is -1.65. The van der Waals surface area contributed by atoms with Gasteiger partial charge in [-0.2, -0.15) is 0 Å². The van der Waals surface area contributed by atoms with Crippen LogP contribution in [-0.2, 0) is 13.0 Å². The van der Waals surface area contributed by atoms with Crippen LogP contribution in [0.5, 0.6) is 0 Å². The molecule has 134 valence electrons. The Kier molecular flexibility index (Phi) is 6.58. The molecule has 0 saturated heterocycles. The third-order valence-corrected chi connectivity index (χ3v) is 4.37. The third-order valence-electron chi connectivity index (χ3n) is 4.37. The van der Waals surface area contributed by atoms with E-state index in [0.717, 1.165) is 42.8 Å². The van der Waals surface area contributed by atoms with Gasteiger partial charge in [-0.25, -0.2) is 15.0 Å². The van der Waals surface area contributed by atoms with E-state index >= 15 is 0 Å². The number of imidazole rings is 1. The van der Waals surface area contributed by atoms with Gasteiger partial charge in [-0.05, 0) is 24.7 Å². The van der Waals surface area contributed by atoms with Gasteiger partial charge in [0.05, 0.1) is 6.33 Å².